The Labute approximate surface area is 85.9 Å². The summed E-state index contributed by atoms with van der Waals surface area (Å²) >= 11 is 0. The van der Waals surface area contributed by atoms with Crippen LogP contribution in [0.4, 0.5) is 0 Å². The quantitative estimate of drug-likeness (QED) is 0.653. The maximum Gasteiger partial charge on any atom is 0.0342 e. The van der Waals surface area contributed by atoms with E-state index in [1.165, 1.54) is 30.4 Å². The Morgan fingerprint density at radius 1 is 1.36 bits per heavy atom. The van der Waals surface area contributed by atoms with Crippen LogP contribution in [0, 0.1) is 5.41 Å². The van der Waals surface area contributed by atoms with E-state index in [4.69, 9.17) is 0 Å². The number of rotatable bonds is 1. The summed E-state index contributed by atoms with van der Waals surface area (Å²) in [6, 6.07) is 4.16. The van der Waals surface area contributed by atoms with Crippen LogP contribution in [0.15, 0.2) is 30.6 Å². The molecule has 0 saturated carbocycles. The topological polar surface area (TPSA) is 12.9 Å². The van der Waals surface area contributed by atoms with Crippen molar-refractivity contribution in [3.8, 4) is 0 Å². The number of hydrogen-bond donors (Lipinski definition) is 0. The summed E-state index contributed by atoms with van der Waals surface area (Å²) in [6.07, 6.45) is 9.85. The molecule has 0 N–H and O–H groups in total. The van der Waals surface area contributed by atoms with E-state index in [1.54, 1.807) is 0 Å². The second-order valence-corrected chi connectivity index (χ2v) is 4.85. The highest BCUT2D eigenvalue weighted by Crippen LogP contribution is 2.38. The van der Waals surface area contributed by atoms with Crippen LogP contribution in [0.25, 0.3) is 5.57 Å². The molecule has 0 unspecified atom stereocenters. The van der Waals surface area contributed by atoms with Gasteiger partial charge in [0.15, 0.2) is 0 Å². The monoisotopic (exact) mass is 187 g/mol. The highest BCUT2D eigenvalue weighted by Gasteiger charge is 2.23. The van der Waals surface area contributed by atoms with Gasteiger partial charge in [-0.15, -0.1) is 0 Å². The first kappa shape index (κ1) is 9.45. The molecule has 0 aliphatic heterocycles. The van der Waals surface area contributed by atoms with Crippen molar-refractivity contribution in [2.45, 2.75) is 33.1 Å². The van der Waals surface area contributed by atoms with Gasteiger partial charge in [0.2, 0.25) is 0 Å². The molecule has 1 heteroatoms. The average molecular weight is 187 g/mol. The van der Waals surface area contributed by atoms with Crippen LogP contribution in [0.3, 0.4) is 0 Å². The predicted octanol–water partition coefficient (Wildman–Crippen LogP) is 3.68. The second kappa shape index (κ2) is 3.56. The maximum absolute atomic E-state index is 4.17. The molecule has 1 nitrogen and oxygen atoms in total. The minimum atomic E-state index is 0.458. The fourth-order valence-corrected chi connectivity index (χ4v) is 2.09. The molecular weight excluding hydrogens is 170 g/mol. The van der Waals surface area contributed by atoms with E-state index in [-0.39, 0.29) is 0 Å². The summed E-state index contributed by atoms with van der Waals surface area (Å²) in [6.45, 7) is 4.69. The van der Waals surface area contributed by atoms with Gasteiger partial charge in [-0.05, 0) is 41.9 Å². The largest absolute Gasteiger partial charge is 0.264 e. The van der Waals surface area contributed by atoms with Gasteiger partial charge in [0.05, 0.1) is 0 Å². The van der Waals surface area contributed by atoms with E-state index < -0.39 is 0 Å². The molecule has 0 aromatic carbocycles. The number of allylic oxidation sites excluding steroid dienone is 2. The summed E-state index contributed by atoms with van der Waals surface area (Å²) in [7, 11) is 0. The van der Waals surface area contributed by atoms with Crippen molar-refractivity contribution in [1.29, 1.82) is 0 Å². The van der Waals surface area contributed by atoms with Crippen molar-refractivity contribution in [2.75, 3.05) is 0 Å². The van der Waals surface area contributed by atoms with Gasteiger partial charge in [0.1, 0.15) is 0 Å². The normalized spacial score (nSPS) is 20.3. The first-order valence-corrected chi connectivity index (χ1v) is 5.27. The molecule has 0 saturated heterocycles. The zero-order chi connectivity index (χ0) is 10.0. The lowest BCUT2D eigenvalue weighted by atomic mass is 9.76. The zero-order valence-electron chi connectivity index (χ0n) is 8.96. The molecule has 0 spiro atoms. The first-order chi connectivity index (χ1) is 6.67. The van der Waals surface area contributed by atoms with Crippen LogP contribution in [-0.2, 0) is 0 Å². The molecule has 0 bridgehead atoms. The standard InChI is InChI=1S/C13H17N/c1-13(2)7-3-5-11(9-13)12-6-4-8-14-10-12/h4-6,8,10H,3,7,9H2,1-2H3. The van der Waals surface area contributed by atoms with Crippen LogP contribution >= 0.6 is 0 Å². The summed E-state index contributed by atoms with van der Waals surface area (Å²) < 4.78 is 0. The predicted molar refractivity (Wildman–Crippen MR) is 59.8 cm³/mol. The van der Waals surface area contributed by atoms with Gasteiger partial charge in [-0.1, -0.05) is 26.0 Å². The number of pyridine rings is 1. The van der Waals surface area contributed by atoms with E-state index in [0.29, 0.717) is 5.41 Å². The zero-order valence-corrected chi connectivity index (χ0v) is 8.96. The third-order valence-electron chi connectivity index (χ3n) is 2.91. The number of nitrogens with zero attached hydrogens (tertiary/aromatic N) is 1. The van der Waals surface area contributed by atoms with Crippen molar-refractivity contribution in [3.05, 3.63) is 36.2 Å². The Morgan fingerprint density at radius 2 is 2.21 bits per heavy atom. The van der Waals surface area contributed by atoms with Gasteiger partial charge in [0, 0.05) is 12.4 Å². The van der Waals surface area contributed by atoms with Crippen LogP contribution < -0.4 is 0 Å². The molecule has 0 radical (unpaired) electrons. The van der Waals surface area contributed by atoms with E-state index in [9.17, 15) is 0 Å². The molecule has 0 atom stereocenters. The Morgan fingerprint density at radius 3 is 2.86 bits per heavy atom. The minimum absolute atomic E-state index is 0.458. The van der Waals surface area contributed by atoms with Crippen LogP contribution in [-0.4, -0.2) is 4.98 Å². The van der Waals surface area contributed by atoms with Gasteiger partial charge >= 0.3 is 0 Å². The van der Waals surface area contributed by atoms with Crippen LogP contribution in [0.2, 0.25) is 0 Å². The number of hydrogen-bond acceptors (Lipinski definition) is 1. The molecule has 74 valence electrons. The Kier molecular flexibility index (Phi) is 2.40. The van der Waals surface area contributed by atoms with Crippen molar-refractivity contribution in [3.63, 3.8) is 0 Å². The second-order valence-electron chi connectivity index (χ2n) is 4.85. The molecule has 2 rings (SSSR count). The Hall–Kier alpha value is -1.11. The van der Waals surface area contributed by atoms with Gasteiger partial charge in [0.25, 0.3) is 0 Å². The van der Waals surface area contributed by atoms with E-state index in [0.717, 1.165) is 0 Å². The molecule has 0 amide bonds. The van der Waals surface area contributed by atoms with Crippen LogP contribution in [0.1, 0.15) is 38.7 Å². The molecule has 1 aromatic rings. The molecule has 1 heterocycles. The Bertz CT molecular complexity index is 336. The fraction of sp³-hybridized carbons (Fsp3) is 0.462. The molecule has 1 aliphatic carbocycles. The maximum atomic E-state index is 4.17. The smallest absolute Gasteiger partial charge is 0.0342 e. The van der Waals surface area contributed by atoms with Crippen molar-refractivity contribution >= 4 is 5.57 Å². The summed E-state index contributed by atoms with van der Waals surface area (Å²) in [5, 5.41) is 0. The molecule has 14 heavy (non-hydrogen) atoms. The fourth-order valence-electron chi connectivity index (χ4n) is 2.09. The van der Waals surface area contributed by atoms with E-state index in [2.05, 4.69) is 31.0 Å². The molecular formula is C13H17N. The molecule has 1 aromatic heterocycles. The van der Waals surface area contributed by atoms with Crippen molar-refractivity contribution in [2.24, 2.45) is 5.41 Å². The highest BCUT2D eigenvalue weighted by atomic mass is 14.6. The lowest BCUT2D eigenvalue weighted by molar-refractivity contribution is 0.338. The Balaban J connectivity index is 2.24. The lowest BCUT2D eigenvalue weighted by Gasteiger charge is -2.29. The first-order valence-electron chi connectivity index (χ1n) is 5.27. The van der Waals surface area contributed by atoms with E-state index in [1.807, 2.05) is 18.5 Å². The van der Waals surface area contributed by atoms with Gasteiger partial charge in [-0.25, -0.2) is 0 Å². The van der Waals surface area contributed by atoms with E-state index >= 15 is 0 Å². The molecule has 0 fully saturated rings. The lowest BCUT2D eigenvalue weighted by Crippen LogP contribution is -2.15. The van der Waals surface area contributed by atoms with Crippen LogP contribution in [0.5, 0.6) is 0 Å². The number of aromatic nitrogens is 1. The average Bonchev–Trinajstić information content (AvgIpc) is 2.18. The van der Waals surface area contributed by atoms with Crippen molar-refractivity contribution < 1.29 is 0 Å². The minimum Gasteiger partial charge on any atom is -0.264 e. The van der Waals surface area contributed by atoms with Gasteiger partial charge in [-0.2, -0.15) is 0 Å². The molecule has 1 aliphatic rings. The summed E-state index contributed by atoms with van der Waals surface area (Å²) in [5.74, 6) is 0. The van der Waals surface area contributed by atoms with Gasteiger partial charge in [-0.3, -0.25) is 4.98 Å². The highest BCUT2D eigenvalue weighted by molar-refractivity contribution is 5.66. The summed E-state index contributed by atoms with van der Waals surface area (Å²) in [5.41, 5.74) is 3.22. The SMILES string of the molecule is CC1(C)CCC=C(c2cccnc2)C1. The third-order valence-corrected chi connectivity index (χ3v) is 2.91. The third kappa shape index (κ3) is 2.03. The summed E-state index contributed by atoms with van der Waals surface area (Å²) in [4.78, 5) is 4.17. The van der Waals surface area contributed by atoms with Gasteiger partial charge < -0.3 is 0 Å². The van der Waals surface area contributed by atoms with Crippen molar-refractivity contribution in [1.82, 2.24) is 4.98 Å².